The van der Waals surface area contributed by atoms with E-state index >= 15 is 0 Å². The molecule has 1 aliphatic rings. The fourth-order valence-corrected chi connectivity index (χ4v) is 2.77. The van der Waals surface area contributed by atoms with Crippen molar-refractivity contribution in [3.05, 3.63) is 59.7 Å². The molecule has 2 aromatic carbocycles. The van der Waals surface area contributed by atoms with Gasteiger partial charge in [0.15, 0.2) is 18.1 Å². The molecule has 170 valence electrons. The number of halogens is 3. The van der Waals surface area contributed by atoms with Crippen LogP contribution in [0.1, 0.15) is 11.1 Å². The van der Waals surface area contributed by atoms with Crippen molar-refractivity contribution in [2.75, 3.05) is 26.4 Å². The molecular formula is C22H20F3NO6. The number of esters is 1. The highest BCUT2D eigenvalue weighted by molar-refractivity contribution is 5.89. The Bertz CT molecular complexity index is 973. The van der Waals surface area contributed by atoms with Crippen LogP contribution in [0.15, 0.2) is 48.5 Å². The molecular weight excluding hydrogens is 431 g/mol. The smallest absolute Gasteiger partial charge is 0.486 e. The third-order valence-electron chi connectivity index (χ3n) is 4.21. The first kappa shape index (κ1) is 23.0. The maximum absolute atomic E-state index is 12.1. The fourth-order valence-electron chi connectivity index (χ4n) is 2.77. The lowest BCUT2D eigenvalue weighted by atomic mass is 10.1. The van der Waals surface area contributed by atoms with Gasteiger partial charge in [0.25, 0.3) is 5.91 Å². The molecule has 0 aromatic heterocycles. The second-order valence-corrected chi connectivity index (χ2v) is 6.64. The molecule has 0 saturated heterocycles. The number of nitrogens with one attached hydrogen (secondary N) is 1. The molecule has 1 heterocycles. The zero-order valence-corrected chi connectivity index (χ0v) is 16.8. The first-order valence-corrected chi connectivity index (χ1v) is 9.64. The number of hydrogen-bond acceptors (Lipinski definition) is 6. The Morgan fingerprint density at radius 3 is 2.47 bits per heavy atom. The van der Waals surface area contributed by atoms with E-state index in [4.69, 9.17) is 14.2 Å². The Morgan fingerprint density at radius 1 is 1.03 bits per heavy atom. The van der Waals surface area contributed by atoms with Gasteiger partial charge >= 0.3 is 12.3 Å². The summed E-state index contributed by atoms with van der Waals surface area (Å²) < 4.78 is 56.0. The minimum absolute atomic E-state index is 0.345. The summed E-state index contributed by atoms with van der Waals surface area (Å²) >= 11 is 0. The van der Waals surface area contributed by atoms with Crippen molar-refractivity contribution in [2.24, 2.45) is 0 Å². The van der Waals surface area contributed by atoms with Gasteiger partial charge in [-0.1, -0.05) is 18.2 Å². The van der Waals surface area contributed by atoms with Gasteiger partial charge in [-0.15, -0.1) is 13.2 Å². The minimum atomic E-state index is -4.77. The number of amides is 1. The van der Waals surface area contributed by atoms with E-state index in [1.807, 2.05) is 18.2 Å². The number of carbonyl (C=O) groups excluding carboxylic acids is 2. The molecule has 0 saturated carbocycles. The molecule has 0 atom stereocenters. The largest absolute Gasteiger partial charge is 0.573 e. The predicted octanol–water partition coefficient (Wildman–Crippen LogP) is 3.27. The normalized spacial score (nSPS) is 13.0. The summed E-state index contributed by atoms with van der Waals surface area (Å²) in [5.74, 6) is -0.233. The SMILES string of the molecule is O=C(COC(=O)/C=C/c1ccc(OC(F)(F)F)cc1)NCCc1ccc2c(c1)OCCO2. The second kappa shape index (κ2) is 10.6. The van der Waals surface area contributed by atoms with E-state index in [0.29, 0.717) is 43.2 Å². The lowest BCUT2D eigenvalue weighted by Gasteiger charge is -2.18. The Balaban J connectivity index is 1.36. The Kier molecular flexibility index (Phi) is 7.58. The molecule has 1 aliphatic heterocycles. The van der Waals surface area contributed by atoms with Crippen molar-refractivity contribution in [2.45, 2.75) is 12.8 Å². The molecule has 7 nitrogen and oxygen atoms in total. The standard InChI is InChI=1S/C22H20F3NO6/c23-22(24,25)32-17-5-1-15(2-6-17)4-8-21(28)31-14-20(27)26-10-9-16-3-7-18-19(13-16)30-12-11-29-18/h1-8,13H,9-12,14H2,(H,26,27)/b8-4+. The van der Waals surface area contributed by atoms with Gasteiger partial charge in [-0.05, 0) is 47.9 Å². The van der Waals surface area contributed by atoms with E-state index in [2.05, 4.69) is 10.1 Å². The highest BCUT2D eigenvalue weighted by Crippen LogP contribution is 2.30. The van der Waals surface area contributed by atoms with Gasteiger partial charge in [0, 0.05) is 12.6 Å². The molecule has 0 aliphatic carbocycles. The zero-order chi connectivity index (χ0) is 23.0. The van der Waals surface area contributed by atoms with Gasteiger partial charge in [0.1, 0.15) is 19.0 Å². The van der Waals surface area contributed by atoms with Crippen molar-refractivity contribution in [1.82, 2.24) is 5.32 Å². The topological polar surface area (TPSA) is 83.1 Å². The van der Waals surface area contributed by atoms with Crippen molar-refractivity contribution in [3.63, 3.8) is 0 Å². The third-order valence-corrected chi connectivity index (χ3v) is 4.21. The average molecular weight is 451 g/mol. The maximum Gasteiger partial charge on any atom is 0.573 e. The molecule has 0 spiro atoms. The fraction of sp³-hybridized carbons (Fsp3) is 0.273. The van der Waals surface area contributed by atoms with Crippen LogP contribution in [-0.4, -0.2) is 44.6 Å². The van der Waals surface area contributed by atoms with Crippen molar-refractivity contribution in [1.29, 1.82) is 0 Å². The summed E-state index contributed by atoms with van der Waals surface area (Å²) in [5, 5.41) is 2.65. The highest BCUT2D eigenvalue weighted by Gasteiger charge is 2.30. The van der Waals surface area contributed by atoms with Crippen LogP contribution in [0, 0.1) is 0 Å². The molecule has 10 heteroatoms. The van der Waals surface area contributed by atoms with Crippen LogP contribution in [0.25, 0.3) is 6.08 Å². The van der Waals surface area contributed by atoms with E-state index in [1.165, 1.54) is 18.2 Å². The summed E-state index contributed by atoms with van der Waals surface area (Å²) in [6, 6.07) is 10.5. The van der Waals surface area contributed by atoms with Gasteiger partial charge in [-0.25, -0.2) is 4.79 Å². The third kappa shape index (κ3) is 7.53. The van der Waals surface area contributed by atoms with E-state index < -0.39 is 24.8 Å². The molecule has 0 radical (unpaired) electrons. The summed E-state index contributed by atoms with van der Waals surface area (Å²) in [5.41, 5.74) is 1.42. The summed E-state index contributed by atoms with van der Waals surface area (Å²) in [6.07, 6.45) is -1.79. The average Bonchev–Trinajstić information content (AvgIpc) is 2.76. The Hall–Kier alpha value is -3.69. The van der Waals surface area contributed by atoms with Gasteiger partial charge < -0.3 is 24.3 Å². The Labute approximate surface area is 181 Å². The number of hydrogen-bond donors (Lipinski definition) is 1. The summed E-state index contributed by atoms with van der Waals surface area (Å²) in [6.45, 7) is 0.894. The Morgan fingerprint density at radius 2 is 1.75 bits per heavy atom. The van der Waals surface area contributed by atoms with Gasteiger partial charge in [-0.2, -0.15) is 0 Å². The van der Waals surface area contributed by atoms with Crippen molar-refractivity contribution >= 4 is 18.0 Å². The van der Waals surface area contributed by atoms with Crippen LogP contribution >= 0.6 is 0 Å². The monoisotopic (exact) mass is 451 g/mol. The molecule has 0 fully saturated rings. The van der Waals surface area contributed by atoms with Crippen LogP contribution in [0.2, 0.25) is 0 Å². The molecule has 3 rings (SSSR count). The van der Waals surface area contributed by atoms with E-state index in [9.17, 15) is 22.8 Å². The molecule has 1 N–H and O–H groups in total. The van der Waals surface area contributed by atoms with E-state index in [0.717, 1.165) is 23.8 Å². The van der Waals surface area contributed by atoms with E-state index in [-0.39, 0.29) is 5.75 Å². The van der Waals surface area contributed by atoms with Crippen LogP contribution in [0.5, 0.6) is 17.2 Å². The van der Waals surface area contributed by atoms with E-state index in [1.54, 1.807) is 0 Å². The van der Waals surface area contributed by atoms with Gasteiger partial charge in [-0.3, -0.25) is 4.79 Å². The summed E-state index contributed by atoms with van der Waals surface area (Å²) in [4.78, 5) is 23.6. The van der Waals surface area contributed by atoms with Gasteiger partial charge in [0.05, 0.1) is 0 Å². The lowest BCUT2D eigenvalue weighted by Crippen LogP contribution is -2.30. The zero-order valence-electron chi connectivity index (χ0n) is 16.8. The number of ether oxygens (including phenoxy) is 4. The van der Waals surface area contributed by atoms with Crippen LogP contribution < -0.4 is 19.5 Å². The molecule has 0 unspecified atom stereocenters. The summed E-state index contributed by atoms with van der Waals surface area (Å²) in [7, 11) is 0. The van der Waals surface area contributed by atoms with Crippen LogP contribution in [0.4, 0.5) is 13.2 Å². The molecule has 1 amide bonds. The van der Waals surface area contributed by atoms with Crippen molar-refractivity contribution < 1.29 is 41.7 Å². The molecule has 0 bridgehead atoms. The van der Waals surface area contributed by atoms with Crippen LogP contribution in [-0.2, 0) is 20.7 Å². The maximum atomic E-state index is 12.1. The molecule has 2 aromatic rings. The quantitative estimate of drug-likeness (QED) is 0.490. The number of benzene rings is 2. The highest BCUT2D eigenvalue weighted by atomic mass is 19.4. The second-order valence-electron chi connectivity index (χ2n) is 6.64. The first-order chi connectivity index (χ1) is 15.3. The number of rotatable bonds is 8. The predicted molar refractivity (Wildman–Crippen MR) is 107 cm³/mol. The number of carbonyl (C=O) groups is 2. The number of fused-ring (bicyclic) bond motifs is 1. The van der Waals surface area contributed by atoms with Crippen LogP contribution in [0.3, 0.4) is 0 Å². The van der Waals surface area contributed by atoms with Gasteiger partial charge in [0.2, 0.25) is 0 Å². The number of alkyl halides is 3. The first-order valence-electron chi connectivity index (χ1n) is 9.64. The molecule has 32 heavy (non-hydrogen) atoms. The lowest BCUT2D eigenvalue weighted by molar-refractivity contribution is -0.274. The minimum Gasteiger partial charge on any atom is -0.486 e. The van der Waals surface area contributed by atoms with Crippen molar-refractivity contribution in [3.8, 4) is 17.2 Å².